The maximum atomic E-state index is 12.9. The first-order valence-electron chi connectivity index (χ1n) is 10.1. The number of sulfonamides is 1. The maximum Gasteiger partial charge on any atom is 0.327 e. The number of hydrogen-bond acceptors (Lipinski definition) is 7. The molecule has 0 saturated heterocycles. The molecular formula is C22H26N4O5S2. The average Bonchev–Trinajstić information content (AvgIpc) is 3.21. The van der Waals surface area contributed by atoms with Gasteiger partial charge >= 0.3 is 6.03 Å². The van der Waals surface area contributed by atoms with E-state index in [-0.39, 0.29) is 15.9 Å². The fourth-order valence-corrected chi connectivity index (χ4v) is 5.41. The van der Waals surface area contributed by atoms with Gasteiger partial charge in [0.15, 0.2) is 9.34 Å². The predicted molar refractivity (Wildman–Crippen MR) is 129 cm³/mol. The summed E-state index contributed by atoms with van der Waals surface area (Å²) in [5.74, 6) is 1.35. The fourth-order valence-electron chi connectivity index (χ4n) is 2.88. The van der Waals surface area contributed by atoms with E-state index in [0.29, 0.717) is 29.5 Å². The number of nitrogens with zero attached hydrogens (tertiary/aromatic N) is 2. The van der Waals surface area contributed by atoms with Gasteiger partial charge in [-0.2, -0.15) is 0 Å². The molecule has 0 aliphatic carbocycles. The van der Waals surface area contributed by atoms with Gasteiger partial charge in [0.1, 0.15) is 11.5 Å². The van der Waals surface area contributed by atoms with Crippen LogP contribution in [-0.2, 0) is 16.6 Å². The van der Waals surface area contributed by atoms with E-state index in [1.807, 2.05) is 6.92 Å². The number of urea groups is 1. The Labute approximate surface area is 197 Å². The monoisotopic (exact) mass is 490 g/mol. The maximum absolute atomic E-state index is 12.9. The molecular weight excluding hydrogens is 464 g/mol. The van der Waals surface area contributed by atoms with E-state index in [1.54, 1.807) is 62.6 Å². The number of thiazole rings is 1. The largest absolute Gasteiger partial charge is 0.497 e. The Morgan fingerprint density at radius 2 is 1.88 bits per heavy atom. The van der Waals surface area contributed by atoms with Gasteiger partial charge in [-0.1, -0.05) is 23.5 Å². The van der Waals surface area contributed by atoms with E-state index < -0.39 is 16.1 Å². The zero-order valence-electron chi connectivity index (χ0n) is 18.8. The summed E-state index contributed by atoms with van der Waals surface area (Å²) in [7, 11) is -0.744. The number of carbonyl (C=O) groups is 1. The number of methoxy groups -OCH3 is 1. The first-order valence-corrected chi connectivity index (χ1v) is 12.4. The molecule has 0 unspecified atom stereocenters. The van der Waals surface area contributed by atoms with E-state index in [2.05, 4.69) is 15.0 Å². The summed E-state index contributed by atoms with van der Waals surface area (Å²) < 4.78 is 38.9. The SMILES string of the molecule is CCOc1ccc(NC(=O)N(C)c2nc(C)c(S(=O)(=O)NCc3cccc(OC)c3)s2)cc1. The molecule has 1 heterocycles. The lowest BCUT2D eigenvalue weighted by molar-refractivity contribution is 0.258. The Bertz CT molecular complexity index is 1210. The molecule has 0 bridgehead atoms. The summed E-state index contributed by atoms with van der Waals surface area (Å²) in [5, 5.41) is 3.02. The summed E-state index contributed by atoms with van der Waals surface area (Å²) in [6.07, 6.45) is 0. The minimum Gasteiger partial charge on any atom is -0.497 e. The Balaban J connectivity index is 1.69. The van der Waals surface area contributed by atoms with Gasteiger partial charge in [0.05, 0.1) is 19.4 Å². The lowest BCUT2D eigenvalue weighted by atomic mass is 10.2. The molecule has 3 aromatic rings. The van der Waals surface area contributed by atoms with Crippen LogP contribution >= 0.6 is 11.3 Å². The zero-order valence-corrected chi connectivity index (χ0v) is 20.4. The number of carbonyl (C=O) groups excluding carboxylic acids is 1. The van der Waals surface area contributed by atoms with E-state index in [9.17, 15) is 13.2 Å². The molecule has 0 spiro atoms. The lowest BCUT2D eigenvalue weighted by Gasteiger charge is -2.15. The summed E-state index contributed by atoms with van der Waals surface area (Å²) >= 11 is 0.924. The third-order valence-corrected chi connectivity index (χ3v) is 7.84. The van der Waals surface area contributed by atoms with Gasteiger partial charge in [-0.25, -0.2) is 22.9 Å². The molecule has 33 heavy (non-hydrogen) atoms. The highest BCUT2D eigenvalue weighted by Gasteiger charge is 2.25. The van der Waals surface area contributed by atoms with Crippen molar-refractivity contribution in [1.82, 2.24) is 9.71 Å². The molecule has 2 aromatic carbocycles. The second-order valence-electron chi connectivity index (χ2n) is 6.99. The molecule has 176 valence electrons. The number of rotatable bonds is 9. The molecule has 2 N–H and O–H groups in total. The summed E-state index contributed by atoms with van der Waals surface area (Å²) in [4.78, 5) is 18.2. The Hall–Kier alpha value is -3.15. The summed E-state index contributed by atoms with van der Waals surface area (Å²) in [6.45, 7) is 4.14. The average molecular weight is 491 g/mol. The van der Waals surface area contributed by atoms with Crippen molar-refractivity contribution in [2.45, 2.75) is 24.6 Å². The third kappa shape index (κ3) is 6.21. The number of anilines is 2. The van der Waals surface area contributed by atoms with Gasteiger partial charge in [0.2, 0.25) is 0 Å². The molecule has 9 nitrogen and oxygen atoms in total. The van der Waals surface area contributed by atoms with Crippen LogP contribution in [0.5, 0.6) is 11.5 Å². The number of aryl methyl sites for hydroxylation is 1. The minimum atomic E-state index is -3.82. The van der Waals surface area contributed by atoms with Gasteiger partial charge in [-0.3, -0.25) is 4.90 Å². The van der Waals surface area contributed by atoms with Gasteiger partial charge in [-0.05, 0) is 55.8 Å². The van der Waals surface area contributed by atoms with E-state index in [4.69, 9.17) is 9.47 Å². The summed E-state index contributed by atoms with van der Waals surface area (Å²) in [6, 6.07) is 13.6. The molecule has 0 aliphatic heterocycles. The number of nitrogens with one attached hydrogen (secondary N) is 2. The highest BCUT2D eigenvalue weighted by molar-refractivity contribution is 7.91. The van der Waals surface area contributed by atoms with Crippen molar-refractivity contribution in [2.75, 3.05) is 31.0 Å². The smallest absolute Gasteiger partial charge is 0.327 e. The van der Waals surface area contributed by atoms with Crippen molar-refractivity contribution in [1.29, 1.82) is 0 Å². The topological polar surface area (TPSA) is 110 Å². The van der Waals surface area contributed by atoms with Crippen LogP contribution in [0.1, 0.15) is 18.2 Å². The van der Waals surface area contributed by atoms with Crippen LogP contribution < -0.4 is 24.4 Å². The van der Waals surface area contributed by atoms with Crippen molar-refractivity contribution in [3.05, 3.63) is 59.8 Å². The second-order valence-corrected chi connectivity index (χ2v) is 9.93. The Morgan fingerprint density at radius 3 is 2.55 bits per heavy atom. The molecule has 0 atom stereocenters. The van der Waals surface area contributed by atoms with E-state index in [0.717, 1.165) is 16.9 Å². The number of hydrogen-bond donors (Lipinski definition) is 2. The van der Waals surface area contributed by atoms with E-state index in [1.165, 1.54) is 11.9 Å². The number of amides is 2. The molecule has 0 saturated carbocycles. The standard InChI is InChI=1S/C22H26N4O5S2/c1-5-31-18-11-9-17(10-12-18)25-21(27)26(3)22-24-15(2)20(32-22)33(28,29)23-14-16-7-6-8-19(13-16)30-4/h6-13,23H,5,14H2,1-4H3,(H,25,27). The number of benzene rings is 2. The predicted octanol–water partition coefficient (Wildman–Crippen LogP) is 4.01. The fraction of sp³-hybridized carbons (Fsp3) is 0.273. The van der Waals surface area contributed by atoms with Gasteiger partial charge in [0.25, 0.3) is 10.0 Å². The van der Waals surface area contributed by atoms with Gasteiger partial charge in [-0.15, -0.1) is 0 Å². The summed E-state index contributed by atoms with van der Waals surface area (Å²) in [5.41, 5.74) is 1.65. The molecule has 0 aliphatic rings. The van der Waals surface area contributed by atoms with Crippen molar-refractivity contribution in [3.63, 3.8) is 0 Å². The van der Waals surface area contributed by atoms with Crippen LogP contribution in [0.15, 0.2) is 52.7 Å². The third-order valence-electron chi connectivity index (χ3n) is 4.60. The van der Waals surface area contributed by atoms with Gasteiger partial charge in [0, 0.05) is 19.3 Å². The molecule has 11 heteroatoms. The number of ether oxygens (including phenoxy) is 2. The quantitative estimate of drug-likeness (QED) is 0.469. The van der Waals surface area contributed by atoms with Crippen LogP contribution in [0.25, 0.3) is 0 Å². The first kappa shape index (κ1) is 24.5. The minimum absolute atomic E-state index is 0.0566. The highest BCUT2D eigenvalue weighted by Crippen LogP contribution is 2.30. The van der Waals surface area contributed by atoms with Crippen LogP contribution in [0.3, 0.4) is 0 Å². The Kier molecular flexibility index (Phi) is 7.90. The molecule has 2 amide bonds. The van der Waals surface area contributed by atoms with Crippen LogP contribution in [-0.4, -0.2) is 40.2 Å². The molecule has 1 aromatic heterocycles. The van der Waals surface area contributed by atoms with Crippen LogP contribution in [0, 0.1) is 6.92 Å². The normalized spacial score (nSPS) is 11.2. The van der Waals surface area contributed by atoms with Crippen molar-refractivity contribution in [2.24, 2.45) is 0 Å². The Morgan fingerprint density at radius 1 is 1.15 bits per heavy atom. The molecule has 0 fully saturated rings. The van der Waals surface area contributed by atoms with Crippen LogP contribution in [0.2, 0.25) is 0 Å². The molecule has 0 radical (unpaired) electrons. The highest BCUT2D eigenvalue weighted by atomic mass is 32.2. The lowest BCUT2D eigenvalue weighted by Crippen LogP contribution is -2.31. The van der Waals surface area contributed by atoms with Gasteiger partial charge < -0.3 is 14.8 Å². The van der Waals surface area contributed by atoms with Crippen molar-refractivity contribution in [3.8, 4) is 11.5 Å². The first-order chi connectivity index (χ1) is 15.7. The van der Waals surface area contributed by atoms with Crippen molar-refractivity contribution < 1.29 is 22.7 Å². The van der Waals surface area contributed by atoms with E-state index >= 15 is 0 Å². The van der Waals surface area contributed by atoms with Crippen LogP contribution in [0.4, 0.5) is 15.6 Å². The second kappa shape index (κ2) is 10.6. The van der Waals surface area contributed by atoms with Crippen molar-refractivity contribution >= 4 is 38.2 Å². The molecule has 3 rings (SSSR count). The zero-order chi connectivity index (χ0) is 24.0. The number of aromatic nitrogens is 1.